The molecule has 0 amide bonds. The number of benzene rings is 2. The number of anilines is 1. The Morgan fingerprint density at radius 3 is 2.61 bits per heavy atom. The van der Waals surface area contributed by atoms with E-state index in [2.05, 4.69) is 10.0 Å². The number of nitrogens with two attached hydrogens (primary N) is 1. The first-order chi connectivity index (χ1) is 13.0. The van der Waals surface area contributed by atoms with Crippen molar-refractivity contribution in [3.8, 4) is 5.75 Å². The van der Waals surface area contributed by atoms with Crippen molar-refractivity contribution in [2.24, 2.45) is 5.14 Å². The smallest absolute Gasteiger partial charge is 0.341 e. The maximum absolute atomic E-state index is 12.7. The number of para-hydroxylation sites is 1. The summed E-state index contributed by atoms with van der Waals surface area (Å²) in [7, 11) is -8.38. The molecule has 10 nitrogen and oxygen atoms in total. The number of hydrogen-bond donors (Lipinski definition) is 4. The van der Waals surface area contributed by atoms with Gasteiger partial charge in [-0.2, -0.15) is 4.72 Å². The molecule has 2 aromatic carbocycles. The Morgan fingerprint density at radius 1 is 1.29 bits per heavy atom. The first-order valence-electron chi connectivity index (χ1n) is 7.58. The molecule has 150 valence electrons. The maximum atomic E-state index is 12.7. The van der Waals surface area contributed by atoms with Gasteiger partial charge in [0.25, 0.3) is 0 Å². The van der Waals surface area contributed by atoms with E-state index in [1.807, 2.05) is 0 Å². The second-order valence-corrected chi connectivity index (χ2v) is 9.36. The molecule has 1 aliphatic heterocycles. The number of primary sulfonamides is 1. The second kappa shape index (κ2) is 7.22. The molecule has 1 aliphatic rings. The van der Waals surface area contributed by atoms with Gasteiger partial charge in [0.2, 0.25) is 20.0 Å². The lowest BCUT2D eigenvalue weighted by Gasteiger charge is -2.29. The molecule has 28 heavy (non-hydrogen) atoms. The normalized spacial score (nSPS) is 18.0. The predicted octanol–water partition coefficient (Wildman–Crippen LogP) is 0.853. The number of aliphatic carboxylic acids is 1. The minimum Gasteiger partial charge on any atom is -0.481 e. The maximum Gasteiger partial charge on any atom is 0.341 e. The zero-order chi connectivity index (χ0) is 20.7. The van der Waals surface area contributed by atoms with Gasteiger partial charge in [-0.3, -0.25) is 0 Å². The molecule has 1 atom stereocenters. The van der Waals surface area contributed by atoms with Crippen LogP contribution in [0.1, 0.15) is 11.7 Å². The average Bonchev–Trinajstić information content (AvgIpc) is 2.57. The lowest BCUT2D eigenvalue weighted by molar-refractivity contribution is -0.139. The van der Waals surface area contributed by atoms with Crippen LogP contribution in [0.5, 0.6) is 5.75 Å². The Hall–Kier alpha value is -2.38. The summed E-state index contributed by atoms with van der Waals surface area (Å²) in [5, 5.41) is 16.5. The zero-order valence-corrected chi connectivity index (χ0v) is 16.3. The van der Waals surface area contributed by atoms with Gasteiger partial charge in [-0.15, -0.1) is 0 Å². The number of carboxylic acid groups (broad SMARTS) is 1. The lowest BCUT2D eigenvalue weighted by Crippen LogP contribution is -2.38. The van der Waals surface area contributed by atoms with Crippen molar-refractivity contribution in [2.45, 2.75) is 16.0 Å². The number of ether oxygens (including phenoxy) is 1. The monoisotopic (exact) mass is 447 g/mol. The van der Waals surface area contributed by atoms with Gasteiger partial charge in [-0.25, -0.2) is 26.8 Å². The van der Waals surface area contributed by atoms with Gasteiger partial charge in [0.15, 0.2) is 6.61 Å². The summed E-state index contributed by atoms with van der Waals surface area (Å²) in [5.41, 5.74) is 0.374. The minimum absolute atomic E-state index is 0.0502. The Balaban J connectivity index is 2.06. The van der Waals surface area contributed by atoms with Crippen LogP contribution < -0.4 is 19.9 Å². The van der Waals surface area contributed by atoms with E-state index in [1.165, 1.54) is 6.07 Å². The number of sulfonamides is 2. The fraction of sp³-hybridized carbons (Fsp3) is 0.133. The quantitative estimate of drug-likeness (QED) is 0.523. The fourth-order valence-corrected chi connectivity index (χ4v) is 5.10. The second-order valence-electron chi connectivity index (χ2n) is 5.74. The van der Waals surface area contributed by atoms with Crippen molar-refractivity contribution in [1.82, 2.24) is 4.72 Å². The molecule has 0 aromatic heterocycles. The number of carbonyl (C=O) groups is 1. The topological polar surface area (TPSA) is 165 Å². The number of rotatable bonds is 5. The first-order valence-corrected chi connectivity index (χ1v) is 11.0. The fourth-order valence-electron chi connectivity index (χ4n) is 2.62. The van der Waals surface area contributed by atoms with Crippen molar-refractivity contribution < 1.29 is 31.5 Å². The molecular weight excluding hydrogens is 434 g/mol. The highest BCUT2D eigenvalue weighted by Gasteiger charge is 2.33. The number of nitrogens with one attached hydrogen (secondary N) is 2. The van der Waals surface area contributed by atoms with Gasteiger partial charge >= 0.3 is 5.97 Å². The molecule has 0 saturated heterocycles. The van der Waals surface area contributed by atoms with Crippen LogP contribution in [-0.4, -0.2) is 34.5 Å². The molecule has 0 bridgehead atoms. The Labute approximate surface area is 165 Å². The summed E-state index contributed by atoms with van der Waals surface area (Å²) >= 11 is 5.94. The van der Waals surface area contributed by atoms with Crippen LogP contribution in [0.2, 0.25) is 5.02 Å². The van der Waals surface area contributed by atoms with E-state index in [0.29, 0.717) is 5.56 Å². The summed E-state index contributed by atoms with van der Waals surface area (Å²) in [6.07, 6.45) is -1.01. The van der Waals surface area contributed by atoms with Crippen molar-refractivity contribution in [3.63, 3.8) is 0 Å². The highest BCUT2D eigenvalue weighted by atomic mass is 35.5. The Kier molecular flexibility index (Phi) is 5.25. The molecule has 1 heterocycles. The predicted molar refractivity (Wildman–Crippen MR) is 99.1 cm³/mol. The molecular formula is C15H14ClN3O7S2. The van der Waals surface area contributed by atoms with E-state index in [-0.39, 0.29) is 21.4 Å². The van der Waals surface area contributed by atoms with Crippen LogP contribution in [0.15, 0.2) is 46.2 Å². The number of halogens is 1. The van der Waals surface area contributed by atoms with Crippen LogP contribution in [0, 0.1) is 0 Å². The lowest BCUT2D eigenvalue weighted by atomic mass is 10.1. The summed E-state index contributed by atoms with van der Waals surface area (Å²) in [5.74, 6) is -1.04. The van der Waals surface area contributed by atoms with Gasteiger partial charge in [-0.05, 0) is 18.2 Å². The molecule has 0 unspecified atom stereocenters. The highest BCUT2D eigenvalue weighted by molar-refractivity contribution is 7.90. The number of fused-ring (bicyclic) bond motifs is 1. The zero-order valence-electron chi connectivity index (χ0n) is 13.9. The van der Waals surface area contributed by atoms with Crippen LogP contribution in [-0.2, 0) is 24.8 Å². The molecule has 2 aromatic rings. The third-order valence-electron chi connectivity index (χ3n) is 3.78. The summed E-state index contributed by atoms with van der Waals surface area (Å²) < 4.78 is 56.1. The third kappa shape index (κ3) is 4.05. The van der Waals surface area contributed by atoms with Crippen molar-refractivity contribution in [1.29, 1.82) is 0 Å². The van der Waals surface area contributed by atoms with E-state index >= 15 is 0 Å². The van der Waals surface area contributed by atoms with E-state index in [1.54, 1.807) is 18.2 Å². The molecule has 0 aliphatic carbocycles. The van der Waals surface area contributed by atoms with Crippen LogP contribution >= 0.6 is 11.6 Å². The SMILES string of the molecule is NS(=O)(=O)c1cc2c(cc1Cl)N[C@H](c1ccccc1OCC(=O)O)NS2(=O)=O. The van der Waals surface area contributed by atoms with E-state index < -0.39 is 43.7 Å². The summed E-state index contributed by atoms with van der Waals surface area (Å²) in [6, 6.07) is 8.25. The van der Waals surface area contributed by atoms with E-state index in [9.17, 15) is 21.6 Å². The van der Waals surface area contributed by atoms with Gasteiger partial charge in [0, 0.05) is 5.56 Å². The standard InChI is InChI=1S/C15H14ClN3O7S2/c16-9-5-10-13(6-12(9)27(17,22)23)28(24,25)19-15(18-10)8-3-1-2-4-11(8)26-7-14(20)21/h1-6,15,18-19H,7H2,(H,20,21)(H2,17,22,23)/t15-/m0/s1. The van der Waals surface area contributed by atoms with Gasteiger partial charge in [0.1, 0.15) is 21.7 Å². The largest absolute Gasteiger partial charge is 0.481 e. The molecule has 3 rings (SSSR count). The van der Waals surface area contributed by atoms with Crippen molar-refractivity contribution >= 4 is 43.3 Å². The molecule has 0 saturated carbocycles. The Bertz CT molecular complexity index is 1170. The van der Waals surface area contributed by atoms with Crippen LogP contribution in [0.3, 0.4) is 0 Å². The highest BCUT2D eigenvalue weighted by Crippen LogP contribution is 2.38. The third-order valence-corrected chi connectivity index (χ3v) is 6.62. The van der Waals surface area contributed by atoms with Crippen LogP contribution in [0.25, 0.3) is 0 Å². The summed E-state index contributed by atoms with van der Waals surface area (Å²) in [4.78, 5) is 9.88. The minimum atomic E-state index is -4.23. The molecule has 13 heteroatoms. The number of hydrogen-bond acceptors (Lipinski definition) is 7. The molecule has 0 radical (unpaired) electrons. The Morgan fingerprint density at radius 2 is 1.96 bits per heavy atom. The molecule has 0 spiro atoms. The van der Waals surface area contributed by atoms with Gasteiger partial charge < -0.3 is 15.2 Å². The average molecular weight is 448 g/mol. The van der Waals surface area contributed by atoms with Gasteiger partial charge in [0.05, 0.1) is 10.7 Å². The summed E-state index contributed by atoms with van der Waals surface area (Å²) in [6.45, 7) is -0.614. The molecule has 0 fully saturated rings. The van der Waals surface area contributed by atoms with Gasteiger partial charge in [-0.1, -0.05) is 29.8 Å². The van der Waals surface area contributed by atoms with Crippen molar-refractivity contribution in [2.75, 3.05) is 11.9 Å². The number of carboxylic acids is 1. The molecule has 5 N–H and O–H groups in total. The van der Waals surface area contributed by atoms with E-state index in [0.717, 1.165) is 12.1 Å². The van der Waals surface area contributed by atoms with E-state index in [4.69, 9.17) is 26.6 Å². The van der Waals surface area contributed by atoms with Crippen LogP contribution in [0.4, 0.5) is 5.69 Å². The van der Waals surface area contributed by atoms with Crippen molar-refractivity contribution in [3.05, 3.63) is 47.0 Å². The first kappa shape index (κ1) is 20.4.